The Morgan fingerprint density at radius 1 is 1.00 bits per heavy atom. The zero-order valence-corrected chi connectivity index (χ0v) is 11.0. The van der Waals surface area contributed by atoms with Crippen LogP contribution in [0.15, 0.2) is 42.5 Å². The molecule has 1 fully saturated rings. The summed E-state index contributed by atoms with van der Waals surface area (Å²) in [4.78, 5) is 0. The van der Waals surface area contributed by atoms with Gasteiger partial charge in [-0.15, -0.1) is 11.6 Å². The van der Waals surface area contributed by atoms with Gasteiger partial charge in [-0.25, -0.2) is 13.2 Å². The lowest BCUT2D eigenvalue weighted by Crippen LogP contribution is -2.13. The Bertz CT molecular complexity index is 661. The molecule has 1 nitrogen and oxygen atoms in total. The lowest BCUT2D eigenvalue weighted by atomic mass is 9.93. The van der Waals surface area contributed by atoms with Crippen LogP contribution >= 0.6 is 11.6 Å². The van der Waals surface area contributed by atoms with Crippen LogP contribution in [0.5, 0.6) is 0 Å². The standard InChI is InChI=1S/C15H10ClF3O/c16-8-15(9-5-6-12(18)13(19)7-9)14(20-15)10-3-1-2-4-11(10)17/h1-7,14H,8H2. The smallest absolute Gasteiger partial charge is 0.159 e. The van der Waals surface area contributed by atoms with E-state index in [0.717, 1.165) is 12.1 Å². The number of hydrogen-bond donors (Lipinski definition) is 0. The van der Waals surface area contributed by atoms with Crippen LogP contribution in [-0.4, -0.2) is 5.88 Å². The molecule has 0 aromatic heterocycles. The van der Waals surface area contributed by atoms with E-state index >= 15 is 0 Å². The molecule has 1 aliphatic rings. The molecule has 2 aromatic carbocycles. The van der Waals surface area contributed by atoms with E-state index in [-0.39, 0.29) is 5.88 Å². The van der Waals surface area contributed by atoms with E-state index in [0.29, 0.717) is 11.1 Å². The summed E-state index contributed by atoms with van der Waals surface area (Å²) >= 11 is 5.92. The van der Waals surface area contributed by atoms with Gasteiger partial charge in [0, 0.05) is 5.56 Å². The van der Waals surface area contributed by atoms with Crippen molar-refractivity contribution in [2.24, 2.45) is 0 Å². The fourth-order valence-corrected chi connectivity index (χ4v) is 2.69. The summed E-state index contributed by atoms with van der Waals surface area (Å²) in [5.41, 5.74) is -0.240. The van der Waals surface area contributed by atoms with Gasteiger partial charge in [0.15, 0.2) is 11.6 Å². The second kappa shape index (κ2) is 4.79. The molecule has 0 amide bonds. The summed E-state index contributed by atoms with van der Waals surface area (Å²) in [7, 11) is 0. The van der Waals surface area contributed by atoms with Crippen molar-refractivity contribution in [1.29, 1.82) is 0 Å². The van der Waals surface area contributed by atoms with Crippen LogP contribution in [0, 0.1) is 17.5 Å². The van der Waals surface area contributed by atoms with E-state index in [1.54, 1.807) is 18.2 Å². The summed E-state index contributed by atoms with van der Waals surface area (Å²) in [5.74, 6) is -2.31. The molecule has 2 atom stereocenters. The van der Waals surface area contributed by atoms with Gasteiger partial charge in [0.2, 0.25) is 0 Å². The van der Waals surface area contributed by atoms with Crippen LogP contribution in [0.1, 0.15) is 17.2 Å². The largest absolute Gasteiger partial charge is 0.354 e. The minimum atomic E-state index is -1.00. The summed E-state index contributed by atoms with van der Waals surface area (Å²) in [5, 5.41) is 0. The first-order valence-corrected chi connectivity index (χ1v) is 6.55. The van der Waals surface area contributed by atoms with Crippen molar-refractivity contribution in [1.82, 2.24) is 0 Å². The maximum absolute atomic E-state index is 13.8. The van der Waals surface area contributed by atoms with Gasteiger partial charge in [-0.1, -0.05) is 24.3 Å². The molecule has 2 unspecified atom stereocenters. The fourth-order valence-electron chi connectivity index (χ4n) is 2.34. The quantitative estimate of drug-likeness (QED) is 0.607. The van der Waals surface area contributed by atoms with Crippen LogP contribution in [-0.2, 0) is 10.3 Å². The SMILES string of the molecule is Fc1ccc(C2(CCl)OC2c2ccccc2F)cc1F. The zero-order valence-electron chi connectivity index (χ0n) is 10.2. The Morgan fingerprint density at radius 3 is 2.40 bits per heavy atom. The van der Waals surface area contributed by atoms with Gasteiger partial charge in [0.25, 0.3) is 0 Å². The molecule has 1 aliphatic heterocycles. The predicted octanol–water partition coefficient (Wildman–Crippen LogP) is 4.31. The van der Waals surface area contributed by atoms with Crippen LogP contribution < -0.4 is 0 Å². The van der Waals surface area contributed by atoms with E-state index < -0.39 is 29.2 Å². The summed E-state index contributed by atoms with van der Waals surface area (Å²) < 4.78 is 45.6. The second-order valence-corrected chi connectivity index (χ2v) is 4.94. The average molecular weight is 299 g/mol. The normalized spacial score (nSPS) is 24.7. The van der Waals surface area contributed by atoms with E-state index in [2.05, 4.69) is 0 Å². The van der Waals surface area contributed by atoms with Crippen molar-refractivity contribution in [2.75, 3.05) is 5.88 Å². The molecule has 2 aromatic rings. The molecule has 0 radical (unpaired) electrons. The Morgan fingerprint density at radius 2 is 1.75 bits per heavy atom. The van der Waals surface area contributed by atoms with Crippen molar-refractivity contribution >= 4 is 11.6 Å². The highest BCUT2D eigenvalue weighted by Gasteiger charge is 2.59. The van der Waals surface area contributed by atoms with Crippen molar-refractivity contribution in [3.05, 3.63) is 71.0 Å². The lowest BCUT2D eigenvalue weighted by molar-refractivity contribution is 0.313. The van der Waals surface area contributed by atoms with Gasteiger partial charge in [0.05, 0.1) is 5.88 Å². The molecule has 0 aliphatic carbocycles. The third kappa shape index (κ3) is 2.00. The molecule has 1 heterocycles. The highest BCUT2D eigenvalue weighted by atomic mass is 35.5. The van der Waals surface area contributed by atoms with Gasteiger partial charge in [-0.05, 0) is 23.8 Å². The van der Waals surface area contributed by atoms with Gasteiger partial charge in [-0.2, -0.15) is 0 Å². The van der Waals surface area contributed by atoms with Crippen LogP contribution in [0.25, 0.3) is 0 Å². The van der Waals surface area contributed by atoms with Crippen molar-refractivity contribution < 1.29 is 17.9 Å². The second-order valence-electron chi connectivity index (χ2n) is 4.67. The number of ether oxygens (including phenoxy) is 1. The molecule has 3 rings (SSSR count). The molecular formula is C15H10ClF3O. The van der Waals surface area contributed by atoms with Crippen molar-refractivity contribution in [3.8, 4) is 0 Å². The predicted molar refractivity (Wildman–Crippen MR) is 69.0 cm³/mol. The topological polar surface area (TPSA) is 12.5 Å². The number of benzene rings is 2. The van der Waals surface area contributed by atoms with E-state index in [4.69, 9.17) is 16.3 Å². The first kappa shape index (κ1) is 13.5. The summed E-state index contributed by atoms with van der Waals surface area (Å²) in [6.07, 6.45) is -0.592. The summed E-state index contributed by atoms with van der Waals surface area (Å²) in [6, 6.07) is 9.63. The molecule has 0 N–H and O–H groups in total. The fraction of sp³-hybridized carbons (Fsp3) is 0.200. The molecule has 0 bridgehead atoms. The highest BCUT2D eigenvalue weighted by Crippen LogP contribution is 2.58. The first-order valence-electron chi connectivity index (χ1n) is 6.02. The maximum Gasteiger partial charge on any atom is 0.159 e. The maximum atomic E-state index is 13.8. The number of halogens is 4. The van der Waals surface area contributed by atoms with Gasteiger partial charge in [-0.3, -0.25) is 0 Å². The molecule has 0 saturated carbocycles. The Kier molecular flexibility index (Phi) is 3.22. The Labute approximate surface area is 118 Å². The monoisotopic (exact) mass is 298 g/mol. The zero-order chi connectivity index (χ0) is 14.3. The van der Waals surface area contributed by atoms with Crippen molar-refractivity contribution in [2.45, 2.75) is 11.7 Å². The summed E-state index contributed by atoms with van der Waals surface area (Å²) in [6.45, 7) is 0. The van der Waals surface area contributed by atoms with E-state index in [1.165, 1.54) is 12.1 Å². The third-order valence-electron chi connectivity index (χ3n) is 3.49. The molecular weight excluding hydrogens is 289 g/mol. The molecule has 104 valence electrons. The third-order valence-corrected chi connectivity index (χ3v) is 3.89. The van der Waals surface area contributed by atoms with E-state index in [1.807, 2.05) is 0 Å². The number of alkyl halides is 1. The van der Waals surface area contributed by atoms with Gasteiger partial charge >= 0.3 is 0 Å². The van der Waals surface area contributed by atoms with Crippen LogP contribution in [0.4, 0.5) is 13.2 Å². The van der Waals surface area contributed by atoms with Gasteiger partial charge < -0.3 is 4.74 Å². The Balaban J connectivity index is 1.99. The molecule has 5 heteroatoms. The van der Waals surface area contributed by atoms with Crippen LogP contribution in [0.2, 0.25) is 0 Å². The molecule has 20 heavy (non-hydrogen) atoms. The van der Waals surface area contributed by atoms with Crippen molar-refractivity contribution in [3.63, 3.8) is 0 Å². The average Bonchev–Trinajstić information content (AvgIpc) is 3.18. The first-order chi connectivity index (χ1) is 9.58. The molecule has 1 saturated heterocycles. The minimum absolute atomic E-state index is 0.0249. The highest BCUT2D eigenvalue weighted by molar-refractivity contribution is 6.18. The van der Waals surface area contributed by atoms with Crippen LogP contribution in [0.3, 0.4) is 0 Å². The minimum Gasteiger partial charge on any atom is -0.354 e. The Hall–Kier alpha value is -1.52. The number of epoxide rings is 1. The van der Waals surface area contributed by atoms with Gasteiger partial charge in [0.1, 0.15) is 17.5 Å². The molecule has 0 spiro atoms. The lowest BCUT2D eigenvalue weighted by Gasteiger charge is -2.10. The number of rotatable bonds is 3. The number of hydrogen-bond acceptors (Lipinski definition) is 1. The van der Waals surface area contributed by atoms with E-state index in [9.17, 15) is 13.2 Å².